The van der Waals surface area contributed by atoms with Gasteiger partial charge in [0.2, 0.25) is 5.91 Å². The summed E-state index contributed by atoms with van der Waals surface area (Å²) in [6, 6.07) is 7.91. The van der Waals surface area contributed by atoms with Gasteiger partial charge in [0, 0.05) is 18.9 Å². The molecule has 1 aromatic heterocycles. The van der Waals surface area contributed by atoms with Crippen LogP contribution in [0.15, 0.2) is 24.3 Å². The number of aromatic nitrogens is 2. The van der Waals surface area contributed by atoms with Crippen LogP contribution in [0, 0.1) is 0 Å². The fraction of sp³-hybridized carbons (Fsp3) is 0.273. The fourth-order valence-corrected chi connectivity index (χ4v) is 1.96. The summed E-state index contributed by atoms with van der Waals surface area (Å²) in [4.78, 5) is 18.8. The second kappa shape index (κ2) is 3.08. The molecule has 15 heavy (non-hydrogen) atoms. The van der Waals surface area contributed by atoms with E-state index in [2.05, 4.69) is 15.3 Å². The predicted octanol–water partition coefficient (Wildman–Crippen LogP) is 1.17. The highest BCUT2D eigenvalue weighted by Gasteiger charge is 2.25. The first-order valence-corrected chi connectivity index (χ1v) is 5.04. The highest BCUT2D eigenvalue weighted by atomic mass is 16.1. The molecular weight excluding hydrogens is 190 g/mol. The molecule has 1 atom stereocenters. The number of H-pyrrole nitrogens is 1. The number of para-hydroxylation sites is 2. The predicted molar refractivity (Wildman–Crippen MR) is 56.5 cm³/mol. The van der Waals surface area contributed by atoms with Crippen LogP contribution in [0.4, 0.5) is 0 Å². The lowest BCUT2D eigenvalue weighted by Gasteiger charge is -2.00. The summed E-state index contributed by atoms with van der Waals surface area (Å²) in [6.07, 6.45) is 0.541. The van der Waals surface area contributed by atoms with Crippen LogP contribution in [0.25, 0.3) is 11.0 Å². The number of nitrogens with zero attached hydrogens (tertiary/aromatic N) is 1. The number of amides is 1. The first kappa shape index (κ1) is 8.47. The van der Waals surface area contributed by atoms with E-state index in [-0.39, 0.29) is 11.8 Å². The zero-order valence-corrected chi connectivity index (χ0v) is 8.16. The van der Waals surface area contributed by atoms with Crippen molar-refractivity contribution in [3.8, 4) is 0 Å². The largest absolute Gasteiger partial charge is 0.355 e. The van der Waals surface area contributed by atoms with Crippen LogP contribution in [-0.2, 0) is 4.79 Å². The molecule has 2 N–H and O–H groups in total. The lowest BCUT2D eigenvalue weighted by Crippen LogP contribution is -2.13. The summed E-state index contributed by atoms with van der Waals surface area (Å²) in [5, 5.41) is 2.81. The standard InChI is InChI=1S/C11H11N3O/c15-10-5-7(6-12-10)11-13-8-3-1-2-4-9(8)14-11/h1-4,7H,5-6H2,(H,12,15)(H,13,14). The van der Waals surface area contributed by atoms with E-state index in [0.717, 1.165) is 16.9 Å². The maximum absolute atomic E-state index is 11.1. The third-order valence-electron chi connectivity index (χ3n) is 2.77. The van der Waals surface area contributed by atoms with Gasteiger partial charge in [-0.2, -0.15) is 0 Å². The number of nitrogens with one attached hydrogen (secondary N) is 2. The van der Waals surface area contributed by atoms with Crippen LogP contribution < -0.4 is 5.32 Å². The lowest BCUT2D eigenvalue weighted by atomic mass is 10.1. The van der Waals surface area contributed by atoms with Gasteiger partial charge < -0.3 is 10.3 Å². The van der Waals surface area contributed by atoms with Gasteiger partial charge in [0.05, 0.1) is 11.0 Å². The van der Waals surface area contributed by atoms with Gasteiger partial charge in [0.1, 0.15) is 5.82 Å². The number of carbonyl (C=O) groups is 1. The molecule has 76 valence electrons. The zero-order valence-electron chi connectivity index (χ0n) is 8.16. The monoisotopic (exact) mass is 201 g/mol. The molecule has 0 aliphatic carbocycles. The number of rotatable bonds is 1. The summed E-state index contributed by atoms with van der Waals surface area (Å²) in [7, 11) is 0. The van der Waals surface area contributed by atoms with Crippen LogP contribution in [0.3, 0.4) is 0 Å². The number of imidazole rings is 1. The lowest BCUT2D eigenvalue weighted by molar-refractivity contribution is -0.119. The Balaban J connectivity index is 2.01. The first-order chi connectivity index (χ1) is 7.33. The third kappa shape index (κ3) is 1.38. The van der Waals surface area contributed by atoms with Gasteiger partial charge >= 0.3 is 0 Å². The molecule has 0 spiro atoms. The average Bonchev–Trinajstić information content (AvgIpc) is 2.82. The van der Waals surface area contributed by atoms with Crippen molar-refractivity contribution in [2.45, 2.75) is 12.3 Å². The summed E-state index contributed by atoms with van der Waals surface area (Å²) in [5.41, 5.74) is 2.00. The Morgan fingerprint density at radius 1 is 1.33 bits per heavy atom. The average molecular weight is 201 g/mol. The molecule has 0 radical (unpaired) electrons. The van der Waals surface area contributed by atoms with Gasteiger partial charge in [0.25, 0.3) is 0 Å². The Morgan fingerprint density at radius 3 is 2.93 bits per heavy atom. The fourth-order valence-electron chi connectivity index (χ4n) is 1.96. The van der Waals surface area contributed by atoms with Gasteiger partial charge in [-0.25, -0.2) is 4.98 Å². The van der Waals surface area contributed by atoms with E-state index in [1.165, 1.54) is 0 Å². The molecule has 1 aliphatic rings. The number of hydrogen-bond acceptors (Lipinski definition) is 2. The zero-order chi connectivity index (χ0) is 10.3. The van der Waals surface area contributed by atoms with E-state index in [4.69, 9.17) is 0 Å². The number of fused-ring (bicyclic) bond motifs is 1. The Morgan fingerprint density at radius 2 is 2.20 bits per heavy atom. The Bertz CT molecular complexity index is 484. The van der Waals surface area contributed by atoms with Crippen LogP contribution in [-0.4, -0.2) is 22.4 Å². The molecule has 1 unspecified atom stereocenters. The molecule has 1 amide bonds. The van der Waals surface area contributed by atoms with Crippen LogP contribution in [0.2, 0.25) is 0 Å². The molecule has 2 heterocycles. The van der Waals surface area contributed by atoms with E-state index in [9.17, 15) is 4.79 Å². The van der Waals surface area contributed by atoms with Gasteiger partial charge in [0.15, 0.2) is 0 Å². The quantitative estimate of drug-likeness (QED) is 0.727. The maximum atomic E-state index is 11.1. The van der Waals surface area contributed by atoms with Crippen molar-refractivity contribution < 1.29 is 4.79 Å². The van der Waals surface area contributed by atoms with E-state index in [1.54, 1.807) is 0 Å². The second-order valence-electron chi connectivity index (χ2n) is 3.84. The first-order valence-electron chi connectivity index (χ1n) is 5.04. The third-order valence-corrected chi connectivity index (χ3v) is 2.77. The molecule has 3 rings (SSSR count). The molecular formula is C11H11N3O. The van der Waals surface area contributed by atoms with Crippen LogP contribution in [0.1, 0.15) is 18.2 Å². The number of aromatic amines is 1. The SMILES string of the molecule is O=C1CC(c2nc3ccccc3[nH]2)CN1. The molecule has 4 heteroatoms. The molecule has 0 bridgehead atoms. The van der Waals surface area contributed by atoms with Crippen molar-refractivity contribution in [3.63, 3.8) is 0 Å². The highest BCUT2D eigenvalue weighted by Crippen LogP contribution is 2.22. The minimum absolute atomic E-state index is 0.112. The smallest absolute Gasteiger partial charge is 0.220 e. The summed E-state index contributed by atoms with van der Waals surface area (Å²) in [5.74, 6) is 1.22. The van der Waals surface area contributed by atoms with E-state index < -0.39 is 0 Å². The van der Waals surface area contributed by atoms with Gasteiger partial charge in [-0.05, 0) is 12.1 Å². The maximum Gasteiger partial charge on any atom is 0.220 e. The van der Waals surface area contributed by atoms with E-state index >= 15 is 0 Å². The normalized spacial score (nSPS) is 20.8. The molecule has 1 saturated heterocycles. The molecule has 4 nitrogen and oxygen atoms in total. The Hall–Kier alpha value is -1.84. The Kier molecular flexibility index (Phi) is 1.74. The molecule has 2 aromatic rings. The van der Waals surface area contributed by atoms with E-state index in [1.807, 2.05) is 24.3 Å². The highest BCUT2D eigenvalue weighted by molar-refractivity contribution is 5.80. The van der Waals surface area contributed by atoms with Gasteiger partial charge in [-0.1, -0.05) is 12.1 Å². The second-order valence-corrected chi connectivity index (χ2v) is 3.84. The van der Waals surface area contributed by atoms with Crippen LogP contribution in [0.5, 0.6) is 0 Å². The van der Waals surface area contributed by atoms with Crippen LogP contribution >= 0.6 is 0 Å². The molecule has 1 aliphatic heterocycles. The van der Waals surface area contributed by atoms with Crippen molar-refractivity contribution in [2.75, 3.05) is 6.54 Å². The number of hydrogen-bond donors (Lipinski definition) is 2. The molecule has 0 saturated carbocycles. The summed E-state index contributed by atoms with van der Waals surface area (Å²) >= 11 is 0. The van der Waals surface area contributed by atoms with Crippen molar-refractivity contribution in [2.24, 2.45) is 0 Å². The minimum Gasteiger partial charge on any atom is -0.355 e. The molecule has 1 fully saturated rings. The van der Waals surface area contributed by atoms with Gasteiger partial charge in [-0.3, -0.25) is 4.79 Å². The number of benzene rings is 1. The van der Waals surface area contributed by atoms with Gasteiger partial charge in [-0.15, -0.1) is 0 Å². The molecule has 1 aromatic carbocycles. The van der Waals surface area contributed by atoms with Crippen molar-refractivity contribution >= 4 is 16.9 Å². The van der Waals surface area contributed by atoms with Crippen molar-refractivity contribution in [3.05, 3.63) is 30.1 Å². The van der Waals surface area contributed by atoms with Crippen molar-refractivity contribution in [1.29, 1.82) is 0 Å². The van der Waals surface area contributed by atoms with Crippen molar-refractivity contribution in [1.82, 2.24) is 15.3 Å². The minimum atomic E-state index is 0.112. The summed E-state index contributed by atoms with van der Waals surface area (Å²) < 4.78 is 0. The topological polar surface area (TPSA) is 57.8 Å². The Labute approximate surface area is 86.7 Å². The number of carbonyl (C=O) groups excluding carboxylic acids is 1. The summed E-state index contributed by atoms with van der Waals surface area (Å²) in [6.45, 7) is 0.693. The van der Waals surface area contributed by atoms with E-state index in [0.29, 0.717) is 13.0 Å².